The molecule has 2 aliphatic rings. The molecule has 2 nitrogen and oxygen atoms in total. The van der Waals surface area contributed by atoms with E-state index in [-0.39, 0.29) is 0 Å². The smallest absolute Gasteiger partial charge is 0.127 e. The van der Waals surface area contributed by atoms with Crippen molar-refractivity contribution in [1.29, 1.82) is 0 Å². The van der Waals surface area contributed by atoms with Gasteiger partial charge in [-0.2, -0.15) is 0 Å². The van der Waals surface area contributed by atoms with Crippen molar-refractivity contribution in [2.24, 2.45) is 11.8 Å². The molecule has 1 aliphatic carbocycles. The zero-order valence-electron chi connectivity index (χ0n) is 12.4. The molecule has 0 saturated heterocycles. The lowest BCUT2D eigenvalue weighted by molar-refractivity contribution is 0.205. The molecule has 3 unspecified atom stereocenters. The van der Waals surface area contributed by atoms with E-state index < -0.39 is 0 Å². The largest absolute Gasteiger partial charge is 0.493 e. The summed E-state index contributed by atoms with van der Waals surface area (Å²) in [4.78, 5) is 0. The first kappa shape index (κ1) is 14.2. The molecule has 1 N–H and O–H groups in total. The van der Waals surface area contributed by atoms with Crippen LogP contribution in [0, 0.1) is 11.8 Å². The lowest BCUT2D eigenvalue weighted by Gasteiger charge is -2.35. The van der Waals surface area contributed by atoms with E-state index in [0.717, 1.165) is 42.2 Å². The first-order valence-corrected chi connectivity index (χ1v) is 8.20. The molecule has 1 fully saturated rings. The highest BCUT2D eigenvalue weighted by atomic mass is 35.5. The number of nitrogens with one attached hydrogen (secondary N) is 1. The molecule has 110 valence electrons. The van der Waals surface area contributed by atoms with Crippen LogP contribution in [0.4, 0.5) is 0 Å². The van der Waals surface area contributed by atoms with Crippen LogP contribution in [0.15, 0.2) is 12.1 Å². The van der Waals surface area contributed by atoms with Crippen LogP contribution in [-0.2, 0) is 13.0 Å². The Morgan fingerprint density at radius 1 is 1.30 bits per heavy atom. The van der Waals surface area contributed by atoms with Crippen molar-refractivity contribution in [2.75, 3.05) is 6.61 Å². The molecule has 3 atom stereocenters. The highest BCUT2D eigenvalue weighted by Crippen LogP contribution is 2.34. The van der Waals surface area contributed by atoms with Crippen LogP contribution >= 0.6 is 11.6 Å². The van der Waals surface area contributed by atoms with Crippen molar-refractivity contribution in [2.45, 2.75) is 52.1 Å². The van der Waals surface area contributed by atoms with E-state index in [1.165, 1.54) is 30.4 Å². The van der Waals surface area contributed by atoms with Gasteiger partial charge in [-0.05, 0) is 36.0 Å². The van der Waals surface area contributed by atoms with Crippen molar-refractivity contribution >= 4 is 11.6 Å². The molecule has 0 amide bonds. The summed E-state index contributed by atoms with van der Waals surface area (Å²) in [5.74, 6) is 2.64. The number of rotatable bonds is 3. The van der Waals surface area contributed by atoms with Gasteiger partial charge in [-0.1, -0.05) is 38.3 Å². The number of fused-ring (bicyclic) bond motifs is 1. The van der Waals surface area contributed by atoms with Gasteiger partial charge in [0.05, 0.1) is 6.61 Å². The number of benzene rings is 1. The highest BCUT2D eigenvalue weighted by Gasteiger charge is 2.27. The quantitative estimate of drug-likeness (QED) is 0.902. The van der Waals surface area contributed by atoms with Gasteiger partial charge in [0.2, 0.25) is 0 Å². The first-order chi connectivity index (χ1) is 9.65. The average molecular weight is 294 g/mol. The number of hydrogen-bond donors (Lipinski definition) is 1. The van der Waals surface area contributed by atoms with Crippen molar-refractivity contribution < 1.29 is 4.74 Å². The summed E-state index contributed by atoms with van der Waals surface area (Å²) in [6, 6.07) is 4.71. The van der Waals surface area contributed by atoms with Crippen molar-refractivity contribution in [3.05, 3.63) is 28.3 Å². The minimum Gasteiger partial charge on any atom is -0.493 e. The van der Waals surface area contributed by atoms with Gasteiger partial charge in [-0.3, -0.25) is 0 Å². The molecule has 1 aliphatic heterocycles. The summed E-state index contributed by atoms with van der Waals surface area (Å²) in [5, 5.41) is 4.57. The summed E-state index contributed by atoms with van der Waals surface area (Å²) >= 11 is 6.22. The van der Waals surface area contributed by atoms with Crippen LogP contribution in [0.1, 0.15) is 44.2 Å². The lowest BCUT2D eigenvalue weighted by atomic mass is 9.78. The molecular formula is C17H24ClNO. The van der Waals surface area contributed by atoms with Gasteiger partial charge < -0.3 is 10.1 Å². The number of hydrogen-bond acceptors (Lipinski definition) is 2. The van der Waals surface area contributed by atoms with Gasteiger partial charge in [0.25, 0.3) is 0 Å². The second-order valence-electron chi connectivity index (χ2n) is 6.41. The average Bonchev–Trinajstić information content (AvgIpc) is 2.88. The molecule has 20 heavy (non-hydrogen) atoms. The van der Waals surface area contributed by atoms with Crippen LogP contribution < -0.4 is 10.1 Å². The Morgan fingerprint density at radius 3 is 3.00 bits per heavy atom. The third-order valence-electron chi connectivity index (χ3n) is 5.09. The van der Waals surface area contributed by atoms with Gasteiger partial charge in [-0.25, -0.2) is 0 Å². The Hall–Kier alpha value is -0.730. The highest BCUT2D eigenvalue weighted by molar-refractivity contribution is 6.30. The Kier molecular flexibility index (Phi) is 4.23. The monoisotopic (exact) mass is 293 g/mol. The molecule has 1 aromatic carbocycles. The molecule has 3 heteroatoms. The van der Waals surface area contributed by atoms with Gasteiger partial charge >= 0.3 is 0 Å². The van der Waals surface area contributed by atoms with Crippen molar-refractivity contribution in [1.82, 2.24) is 5.32 Å². The number of ether oxygens (including phenoxy) is 1. The van der Waals surface area contributed by atoms with E-state index in [4.69, 9.17) is 16.3 Å². The van der Waals surface area contributed by atoms with E-state index in [1.54, 1.807) is 0 Å². The van der Waals surface area contributed by atoms with Crippen LogP contribution in [0.3, 0.4) is 0 Å². The van der Waals surface area contributed by atoms with Crippen molar-refractivity contribution in [3.8, 4) is 5.75 Å². The van der Waals surface area contributed by atoms with Crippen LogP contribution in [0.5, 0.6) is 5.75 Å². The summed E-state index contributed by atoms with van der Waals surface area (Å²) in [5.41, 5.74) is 2.48. The molecule has 3 rings (SSSR count). The lowest BCUT2D eigenvalue weighted by Crippen LogP contribution is -2.40. The molecule has 1 heterocycles. The molecule has 1 aromatic rings. The normalized spacial score (nSPS) is 29.1. The molecule has 0 aromatic heterocycles. The maximum Gasteiger partial charge on any atom is 0.127 e. The van der Waals surface area contributed by atoms with Gasteiger partial charge in [0.1, 0.15) is 5.75 Å². The fraction of sp³-hybridized carbons (Fsp3) is 0.647. The second-order valence-corrected chi connectivity index (χ2v) is 6.84. The predicted molar refractivity (Wildman–Crippen MR) is 83.5 cm³/mol. The topological polar surface area (TPSA) is 21.3 Å². The Labute approximate surface area is 126 Å². The standard InChI is InChI=1S/C17H24ClNO/c1-11-4-3-5-16(12(11)2)19-10-14-9-15(18)8-13-6-7-20-17(13)14/h8-9,11-12,16,19H,3-7,10H2,1-2H3. The van der Waals surface area contributed by atoms with E-state index in [2.05, 4.69) is 25.2 Å². The molecule has 0 bridgehead atoms. The second kappa shape index (κ2) is 5.95. The minimum absolute atomic E-state index is 0.620. The Bertz CT molecular complexity index is 488. The molecule has 0 spiro atoms. The Balaban J connectivity index is 1.69. The fourth-order valence-corrected chi connectivity index (χ4v) is 3.85. The van der Waals surface area contributed by atoms with Crippen LogP contribution in [-0.4, -0.2) is 12.6 Å². The Morgan fingerprint density at radius 2 is 2.15 bits per heavy atom. The number of halogens is 1. The maximum atomic E-state index is 6.22. The summed E-state index contributed by atoms with van der Waals surface area (Å²) in [6.07, 6.45) is 4.98. The van der Waals surface area contributed by atoms with Gasteiger partial charge in [0, 0.05) is 29.6 Å². The zero-order valence-corrected chi connectivity index (χ0v) is 13.2. The third kappa shape index (κ3) is 2.82. The van der Waals surface area contributed by atoms with Gasteiger partial charge in [0.15, 0.2) is 0 Å². The van der Waals surface area contributed by atoms with E-state index >= 15 is 0 Å². The first-order valence-electron chi connectivity index (χ1n) is 7.82. The zero-order chi connectivity index (χ0) is 14.1. The SMILES string of the molecule is CC1CCCC(NCc2cc(Cl)cc3c2OCC3)C1C. The third-order valence-corrected chi connectivity index (χ3v) is 5.31. The summed E-state index contributed by atoms with van der Waals surface area (Å²) < 4.78 is 5.77. The van der Waals surface area contributed by atoms with E-state index in [9.17, 15) is 0 Å². The van der Waals surface area contributed by atoms with E-state index in [1.807, 2.05) is 6.07 Å². The van der Waals surface area contributed by atoms with Crippen LogP contribution in [0.25, 0.3) is 0 Å². The molecular weight excluding hydrogens is 270 g/mol. The van der Waals surface area contributed by atoms with Crippen LogP contribution in [0.2, 0.25) is 5.02 Å². The summed E-state index contributed by atoms with van der Waals surface area (Å²) in [6.45, 7) is 6.41. The molecule has 0 radical (unpaired) electrons. The fourth-order valence-electron chi connectivity index (χ4n) is 3.59. The molecule has 1 saturated carbocycles. The maximum absolute atomic E-state index is 6.22. The van der Waals surface area contributed by atoms with Gasteiger partial charge in [-0.15, -0.1) is 0 Å². The minimum atomic E-state index is 0.620. The summed E-state index contributed by atoms with van der Waals surface area (Å²) in [7, 11) is 0. The predicted octanol–water partition coefficient (Wildman–Crippen LogP) is 4.19. The van der Waals surface area contributed by atoms with E-state index in [0.29, 0.717) is 6.04 Å². The van der Waals surface area contributed by atoms with Crippen molar-refractivity contribution in [3.63, 3.8) is 0 Å².